The molecule has 1 amide bonds. The molecule has 1 aromatic heterocycles. The predicted molar refractivity (Wildman–Crippen MR) is 92.3 cm³/mol. The van der Waals surface area contributed by atoms with E-state index < -0.39 is 0 Å². The van der Waals surface area contributed by atoms with Crippen molar-refractivity contribution in [3.8, 4) is 0 Å². The first kappa shape index (κ1) is 15.9. The number of aryl methyl sites for hydroxylation is 2. The fraction of sp³-hybridized carbons (Fsp3) is 0.211. The van der Waals surface area contributed by atoms with E-state index in [0.29, 0.717) is 22.5 Å². The number of ketones is 1. The molecule has 3 rings (SSSR count). The molecule has 0 unspecified atom stereocenters. The Hall–Kier alpha value is -2.95. The highest BCUT2D eigenvalue weighted by Crippen LogP contribution is 2.24. The Morgan fingerprint density at radius 3 is 2.50 bits per heavy atom. The maximum absolute atomic E-state index is 12.3. The van der Waals surface area contributed by atoms with E-state index in [1.165, 1.54) is 6.92 Å². The molecule has 5 nitrogen and oxygen atoms in total. The molecule has 0 aliphatic carbocycles. The topological polar surface area (TPSA) is 72.2 Å². The molecule has 0 fully saturated rings. The van der Waals surface area contributed by atoms with Crippen molar-refractivity contribution in [1.29, 1.82) is 0 Å². The number of anilines is 1. The van der Waals surface area contributed by atoms with Gasteiger partial charge >= 0.3 is 0 Å². The van der Waals surface area contributed by atoms with E-state index in [1.54, 1.807) is 24.3 Å². The largest absolute Gasteiger partial charge is 0.356 e. The highest BCUT2D eigenvalue weighted by Gasteiger charge is 2.14. The molecule has 0 atom stereocenters. The van der Waals surface area contributed by atoms with Gasteiger partial charge in [-0.25, -0.2) is 0 Å². The number of carbonyl (C=O) groups is 2. The average Bonchev–Trinajstić information content (AvgIpc) is 2.91. The van der Waals surface area contributed by atoms with Crippen LogP contribution in [0.15, 0.2) is 40.9 Å². The maximum atomic E-state index is 12.3. The number of fused-ring (bicyclic) bond motifs is 1. The highest BCUT2D eigenvalue weighted by molar-refractivity contribution is 5.97. The van der Waals surface area contributed by atoms with Gasteiger partial charge in [-0.15, -0.1) is 0 Å². The number of rotatable bonds is 4. The van der Waals surface area contributed by atoms with Crippen LogP contribution in [0.4, 0.5) is 5.69 Å². The van der Waals surface area contributed by atoms with Gasteiger partial charge in [-0.2, -0.15) is 0 Å². The zero-order valence-electron chi connectivity index (χ0n) is 13.8. The van der Waals surface area contributed by atoms with E-state index >= 15 is 0 Å². The first-order valence-corrected chi connectivity index (χ1v) is 7.70. The molecule has 2 aromatic carbocycles. The summed E-state index contributed by atoms with van der Waals surface area (Å²) in [5.74, 6) is -0.187. The van der Waals surface area contributed by atoms with Gasteiger partial charge in [-0.1, -0.05) is 11.2 Å². The van der Waals surface area contributed by atoms with Gasteiger partial charge in [0.25, 0.3) is 0 Å². The second kappa shape index (κ2) is 6.28. The number of aromatic nitrogens is 1. The van der Waals surface area contributed by atoms with Crippen LogP contribution >= 0.6 is 0 Å². The molecule has 24 heavy (non-hydrogen) atoms. The van der Waals surface area contributed by atoms with Crippen molar-refractivity contribution in [1.82, 2.24) is 5.16 Å². The standard InChI is InChI=1S/C19H18N2O3/c1-11-8-12(2)19-16(9-11)17(21-24-19)10-18(23)20-15-6-4-14(5-7-15)13(3)22/h4-9H,10H2,1-3H3,(H,20,23). The second-order valence-corrected chi connectivity index (χ2v) is 5.95. The van der Waals surface area contributed by atoms with E-state index in [2.05, 4.69) is 10.5 Å². The highest BCUT2D eigenvalue weighted by atomic mass is 16.5. The Morgan fingerprint density at radius 1 is 1.12 bits per heavy atom. The van der Waals surface area contributed by atoms with Crippen molar-refractivity contribution in [3.63, 3.8) is 0 Å². The summed E-state index contributed by atoms with van der Waals surface area (Å²) < 4.78 is 5.36. The smallest absolute Gasteiger partial charge is 0.230 e. The summed E-state index contributed by atoms with van der Waals surface area (Å²) in [5.41, 5.74) is 4.70. The molecule has 0 saturated heterocycles. The summed E-state index contributed by atoms with van der Waals surface area (Å²) in [6.45, 7) is 5.47. The summed E-state index contributed by atoms with van der Waals surface area (Å²) in [6, 6.07) is 10.8. The number of carbonyl (C=O) groups excluding carboxylic acids is 2. The van der Waals surface area contributed by atoms with Crippen molar-refractivity contribution in [2.45, 2.75) is 27.2 Å². The van der Waals surface area contributed by atoms with Gasteiger partial charge in [-0.05, 0) is 62.2 Å². The summed E-state index contributed by atoms with van der Waals surface area (Å²) >= 11 is 0. The molecule has 0 aliphatic heterocycles. The Morgan fingerprint density at radius 2 is 1.83 bits per heavy atom. The maximum Gasteiger partial charge on any atom is 0.230 e. The molecule has 1 N–H and O–H groups in total. The molecule has 3 aromatic rings. The van der Waals surface area contributed by atoms with Crippen molar-refractivity contribution >= 4 is 28.3 Å². The SMILES string of the molecule is CC(=O)c1ccc(NC(=O)Cc2noc3c(C)cc(C)cc23)cc1. The first-order chi connectivity index (χ1) is 11.4. The van der Waals surface area contributed by atoms with Gasteiger partial charge in [0.2, 0.25) is 5.91 Å². The first-order valence-electron chi connectivity index (χ1n) is 7.70. The minimum atomic E-state index is -0.181. The number of nitrogens with zero attached hydrogens (tertiary/aromatic N) is 1. The molecule has 1 heterocycles. The van der Waals surface area contributed by atoms with Crippen LogP contribution in [0.25, 0.3) is 11.0 Å². The molecule has 0 aliphatic rings. The number of amides is 1. The van der Waals surface area contributed by atoms with Crippen molar-refractivity contribution in [2.24, 2.45) is 0 Å². The molecule has 0 spiro atoms. The fourth-order valence-electron chi connectivity index (χ4n) is 2.71. The van der Waals surface area contributed by atoms with Gasteiger partial charge in [0.05, 0.1) is 6.42 Å². The van der Waals surface area contributed by atoms with Crippen LogP contribution < -0.4 is 5.32 Å². The lowest BCUT2D eigenvalue weighted by Crippen LogP contribution is -2.14. The van der Waals surface area contributed by atoms with Gasteiger partial charge in [0.15, 0.2) is 11.4 Å². The van der Waals surface area contributed by atoms with Crippen LogP contribution in [0.1, 0.15) is 34.1 Å². The Labute approximate surface area is 139 Å². The Kier molecular flexibility index (Phi) is 4.16. The summed E-state index contributed by atoms with van der Waals surface area (Å²) in [6.07, 6.45) is 0.129. The van der Waals surface area contributed by atoms with Crippen LogP contribution in [-0.2, 0) is 11.2 Å². The molecular formula is C19H18N2O3. The monoisotopic (exact) mass is 322 g/mol. The van der Waals surface area contributed by atoms with Crippen molar-refractivity contribution in [3.05, 3.63) is 58.8 Å². The Bertz CT molecular complexity index is 924. The predicted octanol–water partition coefficient (Wildman–Crippen LogP) is 3.83. The molecule has 5 heteroatoms. The third-order valence-electron chi connectivity index (χ3n) is 3.88. The van der Waals surface area contributed by atoms with Gasteiger partial charge in [0, 0.05) is 16.6 Å². The minimum absolute atomic E-state index is 0.00677. The zero-order valence-corrected chi connectivity index (χ0v) is 13.8. The summed E-state index contributed by atoms with van der Waals surface area (Å²) in [4.78, 5) is 23.5. The van der Waals surface area contributed by atoms with E-state index in [9.17, 15) is 9.59 Å². The Balaban J connectivity index is 1.76. The summed E-state index contributed by atoms with van der Waals surface area (Å²) in [7, 11) is 0. The lowest BCUT2D eigenvalue weighted by Gasteiger charge is -2.05. The fourth-order valence-corrected chi connectivity index (χ4v) is 2.71. The molecular weight excluding hydrogens is 304 g/mol. The van der Waals surface area contributed by atoms with Gasteiger partial charge < -0.3 is 9.84 Å². The van der Waals surface area contributed by atoms with E-state index in [0.717, 1.165) is 16.5 Å². The number of nitrogens with one attached hydrogen (secondary N) is 1. The van der Waals surface area contributed by atoms with Crippen LogP contribution in [0, 0.1) is 13.8 Å². The lowest BCUT2D eigenvalue weighted by atomic mass is 10.1. The molecule has 0 radical (unpaired) electrons. The average molecular weight is 322 g/mol. The molecule has 122 valence electrons. The minimum Gasteiger partial charge on any atom is -0.356 e. The van der Waals surface area contributed by atoms with Crippen LogP contribution in [-0.4, -0.2) is 16.8 Å². The van der Waals surface area contributed by atoms with E-state index in [4.69, 9.17) is 4.52 Å². The normalized spacial score (nSPS) is 10.8. The number of benzene rings is 2. The van der Waals surface area contributed by atoms with Gasteiger partial charge in [-0.3, -0.25) is 9.59 Å². The van der Waals surface area contributed by atoms with Crippen LogP contribution in [0.3, 0.4) is 0 Å². The third-order valence-corrected chi connectivity index (χ3v) is 3.88. The zero-order chi connectivity index (χ0) is 17.3. The van der Waals surface area contributed by atoms with E-state index in [-0.39, 0.29) is 18.1 Å². The van der Waals surface area contributed by atoms with E-state index in [1.807, 2.05) is 26.0 Å². The number of Topliss-reactive ketones (excluding diaryl/α,β-unsaturated/α-hetero) is 1. The molecule has 0 saturated carbocycles. The second-order valence-electron chi connectivity index (χ2n) is 5.95. The van der Waals surface area contributed by atoms with Crippen molar-refractivity contribution in [2.75, 3.05) is 5.32 Å². The number of hydrogen-bond donors (Lipinski definition) is 1. The third kappa shape index (κ3) is 3.20. The lowest BCUT2D eigenvalue weighted by molar-refractivity contribution is -0.115. The van der Waals surface area contributed by atoms with Crippen molar-refractivity contribution < 1.29 is 14.1 Å². The number of hydrogen-bond acceptors (Lipinski definition) is 4. The quantitative estimate of drug-likeness (QED) is 0.741. The van der Waals surface area contributed by atoms with Gasteiger partial charge in [0.1, 0.15) is 5.69 Å². The summed E-state index contributed by atoms with van der Waals surface area (Å²) in [5, 5.41) is 7.71. The molecule has 0 bridgehead atoms. The van der Waals surface area contributed by atoms with Crippen LogP contribution in [0.5, 0.6) is 0 Å². The van der Waals surface area contributed by atoms with Crippen LogP contribution in [0.2, 0.25) is 0 Å².